The SMILES string of the molecule is C[C@H](Oc1ccc(Br)cc1)C(=O)Nc1ccccc1-c1ccccc1. The maximum atomic E-state index is 12.5. The molecule has 1 N–H and O–H groups in total. The molecule has 3 nitrogen and oxygen atoms in total. The molecule has 25 heavy (non-hydrogen) atoms. The first-order valence-electron chi connectivity index (χ1n) is 8.01. The number of carbonyl (C=O) groups is 1. The lowest BCUT2D eigenvalue weighted by Crippen LogP contribution is -2.30. The highest BCUT2D eigenvalue weighted by Crippen LogP contribution is 2.27. The Kier molecular flexibility index (Phi) is 5.51. The Balaban J connectivity index is 1.74. The van der Waals surface area contributed by atoms with Crippen LogP contribution in [0.1, 0.15) is 6.92 Å². The molecule has 3 rings (SSSR count). The van der Waals surface area contributed by atoms with E-state index in [2.05, 4.69) is 21.2 Å². The number of rotatable bonds is 5. The summed E-state index contributed by atoms with van der Waals surface area (Å²) in [5, 5.41) is 2.97. The molecule has 0 bridgehead atoms. The second kappa shape index (κ2) is 7.99. The largest absolute Gasteiger partial charge is 0.481 e. The molecule has 126 valence electrons. The number of carbonyl (C=O) groups excluding carboxylic acids is 1. The molecule has 0 fully saturated rings. The van der Waals surface area contributed by atoms with Gasteiger partial charge in [0.25, 0.3) is 5.91 Å². The van der Waals surface area contributed by atoms with Crippen LogP contribution >= 0.6 is 15.9 Å². The Morgan fingerprint density at radius 3 is 2.28 bits per heavy atom. The molecule has 0 aliphatic rings. The molecule has 3 aromatic carbocycles. The van der Waals surface area contributed by atoms with E-state index < -0.39 is 6.10 Å². The smallest absolute Gasteiger partial charge is 0.265 e. The molecule has 0 saturated carbocycles. The highest BCUT2D eigenvalue weighted by molar-refractivity contribution is 9.10. The summed E-state index contributed by atoms with van der Waals surface area (Å²) < 4.78 is 6.68. The molecule has 1 atom stereocenters. The monoisotopic (exact) mass is 395 g/mol. The van der Waals surface area contributed by atoms with Crippen molar-refractivity contribution in [3.05, 3.63) is 83.3 Å². The Morgan fingerprint density at radius 2 is 1.56 bits per heavy atom. The van der Waals surface area contributed by atoms with Gasteiger partial charge in [-0.1, -0.05) is 64.5 Å². The Labute approximate surface area is 155 Å². The molecule has 1 amide bonds. The minimum absolute atomic E-state index is 0.189. The van der Waals surface area contributed by atoms with Crippen LogP contribution in [0.5, 0.6) is 5.75 Å². The number of benzene rings is 3. The summed E-state index contributed by atoms with van der Waals surface area (Å²) >= 11 is 3.38. The lowest BCUT2D eigenvalue weighted by Gasteiger charge is -2.16. The minimum atomic E-state index is -0.606. The first-order chi connectivity index (χ1) is 12.1. The van der Waals surface area contributed by atoms with E-state index in [1.54, 1.807) is 6.92 Å². The van der Waals surface area contributed by atoms with Crippen molar-refractivity contribution < 1.29 is 9.53 Å². The molecule has 0 spiro atoms. The van der Waals surface area contributed by atoms with Crippen molar-refractivity contribution in [2.24, 2.45) is 0 Å². The van der Waals surface area contributed by atoms with E-state index in [0.717, 1.165) is 21.3 Å². The molecular weight excluding hydrogens is 378 g/mol. The summed E-state index contributed by atoms with van der Waals surface area (Å²) in [4.78, 5) is 12.5. The number of hydrogen-bond acceptors (Lipinski definition) is 2. The van der Waals surface area contributed by atoms with Crippen LogP contribution < -0.4 is 10.1 Å². The zero-order valence-corrected chi connectivity index (χ0v) is 15.4. The summed E-state index contributed by atoms with van der Waals surface area (Å²) in [7, 11) is 0. The van der Waals surface area contributed by atoms with E-state index in [-0.39, 0.29) is 5.91 Å². The summed E-state index contributed by atoms with van der Waals surface area (Å²) in [5.74, 6) is 0.466. The predicted octanol–water partition coefficient (Wildman–Crippen LogP) is 5.52. The molecule has 4 heteroatoms. The fourth-order valence-electron chi connectivity index (χ4n) is 2.47. The highest BCUT2D eigenvalue weighted by Gasteiger charge is 2.16. The van der Waals surface area contributed by atoms with Gasteiger partial charge in [0.2, 0.25) is 0 Å². The van der Waals surface area contributed by atoms with Crippen LogP contribution in [0, 0.1) is 0 Å². The second-order valence-corrected chi connectivity index (χ2v) is 6.53. The van der Waals surface area contributed by atoms with Gasteiger partial charge in [-0.05, 0) is 42.8 Å². The summed E-state index contributed by atoms with van der Waals surface area (Å²) in [5.41, 5.74) is 2.80. The molecule has 0 aliphatic carbocycles. The van der Waals surface area contributed by atoms with E-state index in [1.807, 2.05) is 78.9 Å². The van der Waals surface area contributed by atoms with Gasteiger partial charge in [0.05, 0.1) is 0 Å². The topological polar surface area (TPSA) is 38.3 Å². The average molecular weight is 396 g/mol. The third kappa shape index (κ3) is 4.48. The summed E-state index contributed by atoms with van der Waals surface area (Å²) in [6.45, 7) is 1.74. The molecule has 0 heterocycles. The molecule has 0 aromatic heterocycles. The van der Waals surface area contributed by atoms with Crippen molar-refractivity contribution >= 4 is 27.5 Å². The van der Waals surface area contributed by atoms with Gasteiger partial charge in [0.1, 0.15) is 5.75 Å². The Bertz CT molecular complexity index is 847. The van der Waals surface area contributed by atoms with Gasteiger partial charge in [-0.15, -0.1) is 0 Å². The van der Waals surface area contributed by atoms with E-state index >= 15 is 0 Å². The Hall–Kier alpha value is -2.59. The second-order valence-electron chi connectivity index (χ2n) is 5.61. The maximum absolute atomic E-state index is 12.5. The standard InChI is InChI=1S/C21H18BrNO2/c1-15(25-18-13-11-17(22)12-14-18)21(24)23-20-10-6-5-9-19(20)16-7-3-2-4-8-16/h2-15H,1H3,(H,23,24)/t15-/m0/s1. The average Bonchev–Trinajstić information content (AvgIpc) is 2.64. The van der Waals surface area contributed by atoms with Crippen LogP contribution in [0.15, 0.2) is 83.3 Å². The van der Waals surface area contributed by atoms with Crippen LogP contribution in [-0.4, -0.2) is 12.0 Å². The minimum Gasteiger partial charge on any atom is -0.481 e. The van der Waals surface area contributed by atoms with Crippen LogP contribution in [0.2, 0.25) is 0 Å². The van der Waals surface area contributed by atoms with E-state index in [9.17, 15) is 4.79 Å². The lowest BCUT2D eigenvalue weighted by atomic mass is 10.0. The van der Waals surface area contributed by atoms with Crippen molar-refractivity contribution in [2.45, 2.75) is 13.0 Å². The third-order valence-electron chi connectivity index (χ3n) is 3.77. The first kappa shape index (κ1) is 17.2. The van der Waals surface area contributed by atoms with Gasteiger partial charge >= 0.3 is 0 Å². The molecule has 0 unspecified atom stereocenters. The summed E-state index contributed by atoms with van der Waals surface area (Å²) in [6.07, 6.45) is -0.606. The lowest BCUT2D eigenvalue weighted by molar-refractivity contribution is -0.122. The predicted molar refractivity (Wildman–Crippen MR) is 105 cm³/mol. The maximum Gasteiger partial charge on any atom is 0.265 e. The van der Waals surface area contributed by atoms with Crippen molar-refractivity contribution in [3.8, 4) is 16.9 Å². The molecule has 0 saturated heterocycles. The van der Waals surface area contributed by atoms with Crippen molar-refractivity contribution in [1.29, 1.82) is 0 Å². The van der Waals surface area contributed by atoms with E-state index in [4.69, 9.17) is 4.74 Å². The van der Waals surface area contributed by atoms with Crippen LogP contribution in [0.3, 0.4) is 0 Å². The number of halogens is 1. The first-order valence-corrected chi connectivity index (χ1v) is 8.80. The fourth-order valence-corrected chi connectivity index (χ4v) is 2.73. The van der Waals surface area contributed by atoms with E-state index in [1.165, 1.54) is 0 Å². The number of ether oxygens (including phenoxy) is 1. The number of nitrogens with one attached hydrogen (secondary N) is 1. The molecular formula is C21H18BrNO2. The molecule has 0 radical (unpaired) electrons. The van der Waals surface area contributed by atoms with Crippen LogP contribution in [0.25, 0.3) is 11.1 Å². The Morgan fingerprint density at radius 1 is 0.920 bits per heavy atom. The van der Waals surface area contributed by atoms with Crippen molar-refractivity contribution in [1.82, 2.24) is 0 Å². The molecule has 0 aliphatic heterocycles. The number of hydrogen-bond donors (Lipinski definition) is 1. The number of para-hydroxylation sites is 1. The van der Waals surface area contributed by atoms with Gasteiger partial charge in [0, 0.05) is 15.7 Å². The van der Waals surface area contributed by atoms with Gasteiger partial charge in [0.15, 0.2) is 6.10 Å². The third-order valence-corrected chi connectivity index (χ3v) is 4.29. The van der Waals surface area contributed by atoms with Gasteiger partial charge in [-0.3, -0.25) is 4.79 Å². The normalized spacial score (nSPS) is 11.6. The number of amides is 1. The van der Waals surface area contributed by atoms with Crippen molar-refractivity contribution in [2.75, 3.05) is 5.32 Å². The van der Waals surface area contributed by atoms with Crippen LogP contribution in [0.4, 0.5) is 5.69 Å². The van der Waals surface area contributed by atoms with E-state index in [0.29, 0.717) is 5.75 Å². The van der Waals surface area contributed by atoms with Gasteiger partial charge in [-0.25, -0.2) is 0 Å². The molecule has 3 aromatic rings. The van der Waals surface area contributed by atoms with Crippen molar-refractivity contribution in [3.63, 3.8) is 0 Å². The summed E-state index contributed by atoms with van der Waals surface area (Å²) in [6, 6.07) is 25.1. The fraction of sp³-hybridized carbons (Fsp3) is 0.0952. The van der Waals surface area contributed by atoms with Gasteiger partial charge < -0.3 is 10.1 Å². The highest BCUT2D eigenvalue weighted by atomic mass is 79.9. The zero-order chi connectivity index (χ0) is 17.6. The van der Waals surface area contributed by atoms with Crippen LogP contribution in [-0.2, 0) is 4.79 Å². The number of anilines is 1. The van der Waals surface area contributed by atoms with Gasteiger partial charge in [-0.2, -0.15) is 0 Å². The zero-order valence-electron chi connectivity index (χ0n) is 13.8. The quantitative estimate of drug-likeness (QED) is 0.617.